The first-order valence-corrected chi connectivity index (χ1v) is 9.31. The molecule has 0 saturated carbocycles. The number of amides is 1. The molecule has 3 aromatic rings. The van der Waals surface area contributed by atoms with E-state index < -0.39 is 0 Å². The molecule has 7 nitrogen and oxygen atoms in total. The zero-order chi connectivity index (χ0) is 17.9. The molecule has 0 bridgehead atoms. The van der Waals surface area contributed by atoms with Gasteiger partial charge in [-0.2, -0.15) is 0 Å². The fraction of sp³-hybridized carbons (Fsp3) is 0.333. The molecule has 1 aliphatic heterocycles. The molecule has 0 spiro atoms. The predicted octanol–water partition coefficient (Wildman–Crippen LogP) is 2.42. The van der Waals surface area contributed by atoms with Crippen molar-refractivity contribution in [2.75, 3.05) is 6.54 Å². The van der Waals surface area contributed by atoms with E-state index in [0.717, 1.165) is 27.4 Å². The van der Waals surface area contributed by atoms with Crippen molar-refractivity contribution in [2.24, 2.45) is 0 Å². The molecule has 0 radical (unpaired) electrons. The third kappa shape index (κ3) is 3.38. The van der Waals surface area contributed by atoms with Gasteiger partial charge in [0.15, 0.2) is 0 Å². The summed E-state index contributed by atoms with van der Waals surface area (Å²) in [5.74, 6) is 0.0761. The number of hydrogen-bond acceptors (Lipinski definition) is 6. The van der Waals surface area contributed by atoms with Gasteiger partial charge in [-0.1, -0.05) is 11.3 Å². The van der Waals surface area contributed by atoms with Gasteiger partial charge in [-0.25, -0.2) is 4.68 Å². The molecule has 1 aliphatic rings. The quantitative estimate of drug-likeness (QED) is 0.691. The second-order valence-electron chi connectivity index (χ2n) is 6.22. The van der Waals surface area contributed by atoms with Crippen LogP contribution in [0.3, 0.4) is 0 Å². The standard InChI is InChI=1S/C18H19N5O2S/c1-13-4-8-26-17(13)18(24)22-6-7-23-16(10-22)15(20-21-23)12-25-11-14-3-2-5-19-9-14/h2-5,8-9H,6-7,10-12H2,1H3. The second-order valence-corrected chi connectivity index (χ2v) is 7.14. The van der Waals surface area contributed by atoms with Crippen LogP contribution in [0.15, 0.2) is 36.0 Å². The van der Waals surface area contributed by atoms with Crippen molar-refractivity contribution in [3.8, 4) is 0 Å². The fourth-order valence-corrected chi connectivity index (χ4v) is 3.86. The third-order valence-corrected chi connectivity index (χ3v) is 5.42. The van der Waals surface area contributed by atoms with Crippen molar-refractivity contribution in [3.05, 3.63) is 63.4 Å². The summed E-state index contributed by atoms with van der Waals surface area (Å²) in [4.78, 5) is 19.5. The summed E-state index contributed by atoms with van der Waals surface area (Å²) in [6, 6.07) is 5.83. The van der Waals surface area contributed by atoms with E-state index in [9.17, 15) is 4.79 Å². The van der Waals surface area contributed by atoms with Gasteiger partial charge in [0.05, 0.1) is 36.9 Å². The Balaban J connectivity index is 1.43. The molecular weight excluding hydrogens is 350 g/mol. The Kier molecular flexibility index (Phi) is 4.77. The van der Waals surface area contributed by atoms with E-state index in [2.05, 4.69) is 15.3 Å². The van der Waals surface area contributed by atoms with E-state index in [1.807, 2.05) is 40.1 Å². The predicted molar refractivity (Wildman–Crippen MR) is 96.5 cm³/mol. The van der Waals surface area contributed by atoms with E-state index in [4.69, 9.17) is 4.74 Å². The number of thiophene rings is 1. The van der Waals surface area contributed by atoms with Crippen LogP contribution in [-0.2, 0) is 31.0 Å². The van der Waals surface area contributed by atoms with Crippen LogP contribution in [0, 0.1) is 6.92 Å². The molecule has 134 valence electrons. The minimum atomic E-state index is 0.0761. The lowest BCUT2D eigenvalue weighted by atomic mass is 10.2. The number of ether oxygens (including phenoxy) is 1. The Bertz CT molecular complexity index is 905. The van der Waals surface area contributed by atoms with Gasteiger partial charge in [-0.3, -0.25) is 9.78 Å². The van der Waals surface area contributed by atoms with Crippen LogP contribution in [0.25, 0.3) is 0 Å². The number of aromatic nitrogens is 4. The second kappa shape index (κ2) is 7.35. The number of carbonyl (C=O) groups excluding carboxylic acids is 1. The Morgan fingerprint density at radius 3 is 3.00 bits per heavy atom. The summed E-state index contributed by atoms with van der Waals surface area (Å²) < 4.78 is 7.63. The normalized spacial score (nSPS) is 13.7. The Hall–Kier alpha value is -2.58. The first-order valence-electron chi connectivity index (χ1n) is 8.43. The van der Waals surface area contributed by atoms with E-state index in [0.29, 0.717) is 32.8 Å². The lowest BCUT2D eigenvalue weighted by Gasteiger charge is -2.27. The Labute approximate surface area is 155 Å². The zero-order valence-electron chi connectivity index (χ0n) is 14.5. The maximum Gasteiger partial charge on any atom is 0.264 e. The van der Waals surface area contributed by atoms with Gasteiger partial charge in [0.2, 0.25) is 0 Å². The number of aryl methyl sites for hydroxylation is 1. The molecule has 0 unspecified atom stereocenters. The smallest absolute Gasteiger partial charge is 0.264 e. The molecule has 1 amide bonds. The minimum absolute atomic E-state index is 0.0761. The van der Waals surface area contributed by atoms with Crippen LogP contribution < -0.4 is 0 Å². The molecule has 0 aromatic carbocycles. The summed E-state index contributed by atoms with van der Waals surface area (Å²) in [6.07, 6.45) is 3.52. The lowest BCUT2D eigenvalue weighted by Crippen LogP contribution is -2.38. The van der Waals surface area contributed by atoms with Gasteiger partial charge in [-0.05, 0) is 35.6 Å². The van der Waals surface area contributed by atoms with Gasteiger partial charge >= 0.3 is 0 Å². The lowest BCUT2D eigenvalue weighted by molar-refractivity contribution is 0.0703. The topological polar surface area (TPSA) is 73.1 Å². The van der Waals surface area contributed by atoms with Crippen molar-refractivity contribution in [1.29, 1.82) is 0 Å². The van der Waals surface area contributed by atoms with Crippen LogP contribution in [0.4, 0.5) is 0 Å². The monoisotopic (exact) mass is 369 g/mol. The third-order valence-electron chi connectivity index (χ3n) is 4.41. The number of pyridine rings is 1. The van der Waals surface area contributed by atoms with Crippen LogP contribution in [0.5, 0.6) is 0 Å². The number of nitrogens with zero attached hydrogens (tertiary/aromatic N) is 5. The highest BCUT2D eigenvalue weighted by Crippen LogP contribution is 2.22. The molecule has 0 saturated heterocycles. The summed E-state index contributed by atoms with van der Waals surface area (Å²) in [6.45, 7) is 4.61. The van der Waals surface area contributed by atoms with Crippen molar-refractivity contribution < 1.29 is 9.53 Å². The van der Waals surface area contributed by atoms with Crippen molar-refractivity contribution in [2.45, 2.75) is 33.2 Å². The van der Waals surface area contributed by atoms with Gasteiger partial charge in [0, 0.05) is 18.9 Å². The first-order chi connectivity index (χ1) is 12.7. The molecule has 0 N–H and O–H groups in total. The highest BCUT2D eigenvalue weighted by molar-refractivity contribution is 7.12. The zero-order valence-corrected chi connectivity index (χ0v) is 15.3. The number of hydrogen-bond donors (Lipinski definition) is 0. The van der Waals surface area contributed by atoms with E-state index in [-0.39, 0.29) is 5.91 Å². The van der Waals surface area contributed by atoms with Gasteiger partial charge in [0.25, 0.3) is 5.91 Å². The number of carbonyl (C=O) groups is 1. The Morgan fingerprint density at radius 2 is 2.23 bits per heavy atom. The van der Waals surface area contributed by atoms with E-state index in [1.165, 1.54) is 11.3 Å². The maximum absolute atomic E-state index is 12.8. The molecule has 0 fully saturated rings. The van der Waals surface area contributed by atoms with Gasteiger partial charge < -0.3 is 9.64 Å². The van der Waals surface area contributed by atoms with Gasteiger partial charge in [-0.15, -0.1) is 16.4 Å². The highest BCUT2D eigenvalue weighted by atomic mass is 32.1. The largest absolute Gasteiger partial charge is 0.370 e. The highest BCUT2D eigenvalue weighted by Gasteiger charge is 2.26. The number of fused-ring (bicyclic) bond motifs is 1. The fourth-order valence-electron chi connectivity index (χ4n) is 2.97. The Morgan fingerprint density at radius 1 is 1.31 bits per heavy atom. The summed E-state index contributed by atoms with van der Waals surface area (Å²) >= 11 is 1.49. The number of rotatable bonds is 5. The SMILES string of the molecule is Cc1ccsc1C(=O)N1CCn2nnc(COCc3cccnc3)c2C1. The minimum Gasteiger partial charge on any atom is -0.370 e. The van der Waals surface area contributed by atoms with E-state index >= 15 is 0 Å². The molecule has 3 aromatic heterocycles. The van der Waals surface area contributed by atoms with Crippen molar-refractivity contribution in [3.63, 3.8) is 0 Å². The molecule has 0 aliphatic carbocycles. The van der Waals surface area contributed by atoms with Crippen LogP contribution in [0.2, 0.25) is 0 Å². The van der Waals surface area contributed by atoms with Crippen molar-refractivity contribution in [1.82, 2.24) is 24.9 Å². The molecule has 8 heteroatoms. The van der Waals surface area contributed by atoms with E-state index in [1.54, 1.807) is 12.4 Å². The van der Waals surface area contributed by atoms with Gasteiger partial charge in [0.1, 0.15) is 5.69 Å². The average molecular weight is 369 g/mol. The maximum atomic E-state index is 12.8. The molecule has 4 heterocycles. The van der Waals surface area contributed by atoms with Crippen molar-refractivity contribution >= 4 is 17.2 Å². The molecule has 4 rings (SSSR count). The summed E-state index contributed by atoms with van der Waals surface area (Å²) in [5.41, 5.74) is 3.77. The molecule has 0 atom stereocenters. The van der Waals surface area contributed by atoms with Crippen LogP contribution >= 0.6 is 11.3 Å². The molecular formula is C18H19N5O2S. The average Bonchev–Trinajstić information content (AvgIpc) is 3.28. The summed E-state index contributed by atoms with van der Waals surface area (Å²) in [5, 5.41) is 10.4. The first kappa shape index (κ1) is 16.9. The van der Waals surface area contributed by atoms with Crippen LogP contribution in [-0.4, -0.2) is 37.3 Å². The molecule has 26 heavy (non-hydrogen) atoms. The summed E-state index contributed by atoms with van der Waals surface area (Å²) in [7, 11) is 0. The van der Waals surface area contributed by atoms with Crippen LogP contribution in [0.1, 0.15) is 32.2 Å².